The summed E-state index contributed by atoms with van der Waals surface area (Å²) >= 11 is 1.59. The first kappa shape index (κ1) is 11.2. The monoisotopic (exact) mass is 256 g/mol. The highest BCUT2D eigenvalue weighted by molar-refractivity contribution is 7.16. The molecule has 0 N–H and O–H groups in total. The molecule has 0 fully saturated rings. The summed E-state index contributed by atoms with van der Waals surface area (Å²) in [6.07, 6.45) is 1.54. The number of ether oxygens (including phenoxy) is 1. The minimum Gasteiger partial charge on any atom is -0.438 e. The Bertz CT molecular complexity index is 706. The van der Waals surface area contributed by atoms with Crippen molar-refractivity contribution in [1.82, 2.24) is 9.97 Å². The van der Waals surface area contributed by atoms with Gasteiger partial charge in [-0.3, -0.25) is 0 Å². The summed E-state index contributed by atoms with van der Waals surface area (Å²) in [7, 11) is 0. The van der Waals surface area contributed by atoms with Crippen LogP contribution in [0.25, 0.3) is 10.2 Å². The lowest BCUT2D eigenvalue weighted by Crippen LogP contribution is -1.92. The van der Waals surface area contributed by atoms with Crippen molar-refractivity contribution >= 4 is 21.6 Å². The van der Waals surface area contributed by atoms with Gasteiger partial charge in [-0.25, -0.2) is 9.97 Å². The first-order valence-corrected chi connectivity index (χ1v) is 6.55. The first-order valence-electron chi connectivity index (χ1n) is 5.67. The highest BCUT2D eigenvalue weighted by Gasteiger charge is 2.08. The fourth-order valence-corrected chi connectivity index (χ4v) is 2.59. The standard InChI is InChI=1S/C14H12N2OS/c1-9-3-4-12(10(2)7-9)17-13-11-5-6-18-14(11)16-8-15-13/h3-8H,1-2H3. The van der Waals surface area contributed by atoms with E-state index in [2.05, 4.69) is 23.0 Å². The Morgan fingerprint density at radius 1 is 1.11 bits per heavy atom. The molecule has 4 heteroatoms. The van der Waals surface area contributed by atoms with Crippen LogP contribution in [-0.4, -0.2) is 9.97 Å². The van der Waals surface area contributed by atoms with Crippen molar-refractivity contribution in [3.63, 3.8) is 0 Å². The zero-order valence-electron chi connectivity index (χ0n) is 10.2. The summed E-state index contributed by atoms with van der Waals surface area (Å²) < 4.78 is 5.89. The van der Waals surface area contributed by atoms with Crippen molar-refractivity contribution in [3.05, 3.63) is 47.1 Å². The number of hydrogen-bond acceptors (Lipinski definition) is 4. The average molecular weight is 256 g/mol. The lowest BCUT2D eigenvalue weighted by molar-refractivity contribution is 0.464. The number of fused-ring (bicyclic) bond motifs is 1. The minimum atomic E-state index is 0.619. The smallest absolute Gasteiger partial charge is 0.231 e. The molecule has 90 valence electrons. The maximum Gasteiger partial charge on any atom is 0.231 e. The summed E-state index contributed by atoms with van der Waals surface area (Å²) in [5.41, 5.74) is 2.33. The van der Waals surface area contributed by atoms with Gasteiger partial charge >= 0.3 is 0 Å². The van der Waals surface area contributed by atoms with E-state index in [4.69, 9.17) is 4.74 Å². The third-order valence-corrected chi connectivity index (χ3v) is 3.58. The van der Waals surface area contributed by atoms with Crippen LogP contribution in [0, 0.1) is 13.8 Å². The van der Waals surface area contributed by atoms with Crippen molar-refractivity contribution in [2.24, 2.45) is 0 Å². The van der Waals surface area contributed by atoms with Crippen LogP contribution in [0.15, 0.2) is 36.0 Å². The molecular weight excluding hydrogens is 244 g/mol. The van der Waals surface area contributed by atoms with Crippen LogP contribution in [0.2, 0.25) is 0 Å². The lowest BCUT2D eigenvalue weighted by Gasteiger charge is -2.08. The molecule has 2 heterocycles. The van der Waals surface area contributed by atoms with E-state index in [1.165, 1.54) is 11.9 Å². The van der Waals surface area contributed by atoms with Crippen molar-refractivity contribution in [2.75, 3.05) is 0 Å². The molecule has 0 aliphatic heterocycles. The Balaban J connectivity index is 2.03. The van der Waals surface area contributed by atoms with Crippen LogP contribution < -0.4 is 4.74 Å². The van der Waals surface area contributed by atoms with Crippen LogP contribution >= 0.6 is 11.3 Å². The molecule has 3 rings (SSSR count). The maximum atomic E-state index is 5.89. The summed E-state index contributed by atoms with van der Waals surface area (Å²) in [4.78, 5) is 9.37. The van der Waals surface area contributed by atoms with Crippen molar-refractivity contribution in [2.45, 2.75) is 13.8 Å². The molecule has 1 aromatic carbocycles. The van der Waals surface area contributed by atoms with Crippen LogP contribution in [0.4, 0.5) is 0 Å². The molecule has 0 bridgehead atoms. The van der Waals surface area contributed by atoms with Crippen LogP contribution in [0.3, 0.4) is 0 Å². The Labute approximate surface area is 109 Å². The lowest BCUT2D eigenvalue weighted by atomic mass is 10.1. The molecule has 0 amide bonds. The van der Waals surface area contributed by atoms with E-state index < -0.39 is 0 Å². The number of benzene rings is 1. The molecule has 0 radical (unpaired) electrons. The van der Waals surface area contributed by atoms with Gasteiger partial charge in [0.2, 0.25) is 5.88 Å². The van der Waals surface area contributed by atoms with Crippen molar-refractivity contribution in [1.29, 1.82) is 0 Å². The number of nitrogens with zero attached hydrogens (tertiary/aromatic N) is 2. The quantitative estimate of drug-likeness (QED) is 0.692. The Hall–Kier alpha value is -1.94. The summed E-state index contributed by atoms with van der Waals surface area (Å²) in [5, 5.41) is 2.95. The van der Waals surface area contributed by atoms with E-state index in [0.29, 0.717) is 5.88 Å². The largest absolute Gasteiger partial charge is 0.438 e. The third kappa shape index (κ3) is 1.95. The fraction of sp³-hybridized carbons (Fsp3) is 0.143. The van der Waals surface area contributed by atoms with Crippen LogP contribution in [-0.2, 0) is 0 Å². The first-order chi connectivity index (χ1) is 8.74. The second kappa shape index (κ2) is 4.38. The van der Waals surface area contributed by atoms with Gasteiger partial charge in [0.25, 0.3) is 0 Å². The predicted molar refractivity (Wildman–Crippen MR) is 73.4 cm³/mol. The molecule has 18 heavy (non-hydrogen) atoms. The van der Waals surface area contributed by atoms with Crippen LogP contribution in [0.1, 0.15) is 11.1 Å². The fourth-order valence-electron chi connectivity index (χ4n) is 1.87. The third-order valence-electron chi connectivity index (χ3n) is 2.76. The maximum absolute atomic E-state index is 5.89. The molecule has 0 aliphatic rings. The Kier molecular flexibility index (Phi) is 2.72. The molecule has 0 spiro atoms. The normalized spacial score (nSPS) is 10.8. The van der Waals surface area contributed by atoms with E-state index in [9.17, 15) is 0 Å². The Morgan fingerprint density at radius 2 is 2.00 bits per heavy atom. The topological polar surface area (TPSA) is 35.0 Å². The number of thiophene rings is 1. The molecule has 2 aromatic heterocycles. The van der Waals surface area contributed by atoms with Gasteiger partial charge in [0, 0.05) is 0 Å². The van der Waals surface area contributed by atoms with E-state index in [1.807, 2.05) is 30.5 Å². The van der Waals surface area contributed by atoms with Gasteiger partial charge in [0.05, 0.1) is 5.39 Å². The number of hydrogen-bond donors (Lipinski definition) is 0. The van der Waals surface area contributed by atoms with E-state index in [-0.39, 0.29) is 0 Å². The molecular formula is C14H12N2OS. The number of aromatic nitrogens is 2. The van der Waals surface area contributed by atoms with E-state index in [1.54, 1.807) is 11.3 Å². The molecule has 0 atom stereocenters. The molecule has 0 saturated heterocycles. The van der Waals surface area contributed by atoms with E-state index >= 15 is 0 Å². The summed E-state index contributed by atoms with van der Waals surface area (Å²) in [6, 6.07) is 8.10. The van der Waals surface area contributed by atoms with E-state index in [0.717, 1.165) is 21.5 Å². The predicted octanol–water partition coefficient (Wildman–Crippen LogP) is 4.10. The molecule has 0 saturated carbocycles. The minimum absolute atomic E-state index is 0.619. The zero-order valence-corrected chi connectivity index (χ0v) is 11.0. The number of aryl methyl sites for hydroxylation is 2. The molecule has 0 unspecified atom stereocenters. The second-order valence-electron chi connectivity index (χ2n) is 4.19. The van der Waals surface area contributed by atoms with Gasteiger partial charge in [-0.05, 0) is 36.9 Å². The Morgan fingerprint density at radius 3 is 2.83 bits per heavy atom. The van der Waals surface area contributed by atoms with Crippen molar-refractivity contribution in [3.8, 4) is 11.6 Å². The van der Waals surface area contributed by atoms with Gasteiger partial charge in [0.15, 0.2) is 0 Å². The van der Waals surface area contributed by atoms with Gasteiger partial charge < -0.3 is 4.74 Å². The number of rotatable bonds is 2. The highest BCUT2D eigenvalue weighted by Crippen LogP contribution is 2.30. The van der Waals surface area contributed by atoms with Gasteiger partial charge in [-0.2, -0.15) is 0 Å². The summed E-state index contributed by atoms with van der Waals surface area (Å²) in [6.45, 7) is 4.10. The van der Waals surface area contributed by atoms with Gasteiger partial charge in [-0.15, -0.1) is 11.3 Å². The highest BCUT2D eigenvalue weighted by atomic mass is 32.1. The summed E-state index contributed by atoms with van der Waals surface area (Å²) in [5.74, 6) is 1.46. The molecule has 3 aromatic rings. The van der Waals surface area contributed by atoms with Gasteiger partial charge in [0.1, 0.15) is 16.9 Å². The molecule has 0 aliphatic carbocycles. The SMILES string of the molecule is Cc1ccc(Oc2ncnc3sccc23)c(C)c1. The van der Waals surface area contributed by atoms with Crippen LogP contribution in [0.5, 0.6) is 11.6 Å². The zero-order chi connectivity index (χ0) is 12.5. The average Bonchev–Trinajstić information content (AvgIpc) is 2.82. The van der Waals surface area contributed by atoms with Gasteiger partial charge in [-0.1, -0.05) is 17.7 Å². The van der Waals surface area contributed by atoms with Crippen molar-refractivity contribution < 1.29 is 4.74 Å². The second-order valence-corrected chi connectivity index (χ2v) is 5.08. The molecule has 3 nitrogen and oxygen atoms in total.